The summed E-state index contributed by atoms with van der Waals surface area (Å²) in [5.41, 5.74) is 5.16. The Morgan fingerprint density at radius 2 is 2.19 bits per heavy atom. The van der Waals surface area contributed by atoms with E-state index in [1.807, 2.05) is 6.92 Å². The van der Waals surface area contributed by atoms with Crippen molar-refractivity contribution in [3.8, 4) is 0 Å². The minimum atomic E-state index is -0.780. The predicted octanol–water partition coefficient (Wildman–Crippen LogP) is 2.40. The first-order valence-electron chi connectivity index (χ1n) is 5.08. The monoisotopic (exact) mass is 226 g/mol. The van der Waals surface area contributed by atoms with E-state index in [0.717, 1.165) is 6.07 Å². The van der Waals surface area contributed by atoms with Crippen LogP contribution in [0.4, 0.5) is 10.1 Å². The van der Waals surface area contributed by atoms with Crippen LogP contribution in [-0.4, -0.2) is 10.5 Å². The van der Waals surface area contributed by atoms with Crippen LogP contribution in [0.15, 0.2) is 18.2 Å². The van der Waals surface area contributed by atoms with Gasteiger partial charge < -0.3 is 5.73 Å². The molecule has 0 aliphatic heterocycles. The average Bonchev–Trinajstić information content (AvgIpc) is 2.20. The molecule has 16 heavy (non-hydrogen) atoms. The van der Waals surface area contributed by atoms with E-state index < -0.39 is 22.0 Å². The maximum absolute atomic E-state index is 13.7. The van der Waals surface area contributed by atoms with Crippen molar-refractivity contribution in [3.63, 3.8) is 0 Å². The van der Waals surface area contributed by atoms with Crippen molar-refractivity contribution in [1.82, 2.24) is 0 Å². The number of nitro groups is 1. The Morgan fingerprint density at radius 3 is 2.69 bits per heavy atom. The van der Waals surface area contributed by atoms with Crippen molar-refractivity contribution < 1.29 is 9.31 Å². The van der Waals surface area contributed by atoms with Crippen LogP contribution in [0.5, 0.6) is 0 Å². The van der Waals surface area contributed by atoms with Crippen LogP contribution in [0.3, 0.4) is 0 Å². The molecule has 0 saturated heterocycles. The number of hydrogen-bond donors (Lipinski definition) is 1. The van der Waals surface area contributed by atoms with Crippen molar-refractivity contribution in [2.45, 2.75) is 32.2 Å². The third-order valence-electron chi connectivity index (χ3n) is 2.66. The van der Waals surface area contributed by atoms with Gasteiger partial charge in [0.05, 0.1) is 4.92 Å². The van der Waals surface area contributed by atoms with Crippen LogP contribution >= 0.6 is 0 Å². The van der Waals surface area contributed by atoms with Crippen LogP contribution in [0.2, 0.25) is 0 Å². The van der Waals surface area contributed by atoms with Crippen LogP contribution < -0.4 is 5.73 Å². The Kier molecular flexibility index (Phi) is 3.59. The normalized spacial score (nSPS) is 14.5. The maximum Gasteiger partial charge on any atom is 0.305 e. The minimum absolute atomic E-state index is 0.289. The lowest BCUT2D eigenvalue weighted by molar-refractivity contribution is -0.387. The molecule has 88 valence electrons. The Balaban J connectivity index is 3.07. The van der Waals surface area contributed by atoms with Crippen molar-refractivity contribution in [2.75, 3.05) is 0 Å². The molecule has 0 heterocycles. The number of nitrogens with two attached hydrogens (primary N) is 1. The summed E-state index contributed by atoms with van der Waals surface area (Å²) in [5.74, 6) is -0.780. The van der Waals surface area contributed by atoms with Gasteiger partial charge in [-0.1, -0.05) is 19.1 Å². The first-order chi connectivity index (χ1) is 7.37. The second-order valence-corrected chi connectivity index (χ2v) is 4.19. The van der Waals surface area contributed by atoms with Gasteiger partial charge >= 0.3 is 5.69 Å². The summed E-state index contributed by atoms with van der Waals surface area (Å²) in [4.78, 5) is 9.82. The molecule has 2 N–H and O–H groups in total. The first-order valence-corrected chi connectivity index (χ1v) is 5.08. The lowest BCUT2D eigenvalue weighted by Crippen LogP contribution is -2.37. The quantitative estimate of drug-likeness (QED) is 0.633. The number of rotatable bonds is 4. The van der Waals surface area contributed by atoms with Crippen LogP contribution in [0.1, 0.15) is 25.8 Å². The molecule has 0 radical (unpaired) electrons. The molecule has 0 saturated carbocycles. The van der Waals surface area contributed by atoms with Gasteiger partial charge in [-0.15, -0.1) is 0 Å². The SMILES string of the molecule is CCC(C)(N)Cc1cccc([N+](=O)[O-])c1F. The Labute approximate surface area is 93.4 Å². The van der Waals surface area contributed by atoms with Crippen molar-refractivity contribution in [3.05, 3.63) is 39.7 Å². The lowest BCUT2D eigenvalue weighted by Gasteiger charge is -2.22. The molecule has 5 heteroatoms. The van der Waals surface area contributed by atoms with Gasteiger partial charge in [0.25, 0.3) is 0 Å². The highest BCUT2D eigenvalue weighted by atomic mass is 19.1. The summed E-state index contributed by atoms with van der Waals surface area (Å²) in [6.45, 7) is 3.69. The van der Waals surface area contributed by atoms with E-state index in [0.29, 0.717) is 12.0 Å². The van der Waals surface area contributed by atoms with Crippen molar-refractivity contribution in [2.24, 2.45) is 5.73 Å². The third kappa shape index (κ3) is 2.76. The zero-order chi connectivity index (χ0) is 12.3. The van der Waals surface area contributed by atoms with Crippen molar-refractivity contribution >= 4 is 5.69 Å². The van der Waals surface area contributed by atoms with Crippen LogP contribution in [0.25, 0.3) is 0 Å². The maximum atomic E-state index is 13.7. The second-order valence-electron chi connectivity index (χ2n) is 4.19. The molecular formula is C11H15FN2O2. The minimum Gasteiger partial charge on any atom is -0.325 e. The summed E-state index contributed by atoms with van der Waals surface area (Å²) in [6, 6.07) is 4.16. The molecule has 0 spiro atoms. The third-order valence-corrected chi connectivity index (χ3v) is 2.66. The standard InChI is InChI=1S/C11H15FN2O2/c1-3-11(2,13)7-8-5-4-6-9(10(8)12)14(15)16/h4-6H,3,7,13H2,1-2H3. The van der Waals surface area contributed by atoms with E-state index in [4.69, 9.17) is 5.73 Å². The molecule has 0 aromatic heterocycles. The molecule has 4 nitrogen and oxygen atoms in total. The van der Waals surface area contributed by atoms with Gasteiger partial charge in [0.15, 0.2) is 0 Å². The smallest absolute Gasteiger partial charge is 0.305 e. The van der Waals surface area contributed by atoms with E-state index in [-0.39, 0.29) is 6.42 Å². The lowest BCUT2D eigenvalue weighted by atomic mass is 9.91. The Hall–Kier alpha value is -1.49. The first kappa shape index (κ1) is 12.6. The van der Waals surface area contributed by atoms with E-state index >= 15 is 0 Å². The highest BCUT2D eigenvalue weighted by Gasteiger charge is 2.23. The van der Waals surface area contributed by atoms with Gasteiger partial charge in [-0.3, -0.25) is 10.1 Å². The molecule has 1 aromatic carbocycles. The van der Waals surface area contributed by atoms with Crippen molar-refractivity contribution in [1.29, 1.82) is 0 Å². The average molecular weight is 226 g/mol. The molecule has 1 rings (SSSR count). The summed E-state index contributed by atoms with van der Waals surface area (Å²) in [5, 5.41) is 10.5. The second kappa shape index (κ2) is 4.57. The van der Waals surface area contributed by atoms with Gasteiger partial charge in [0.1, 0.15) is 0 Å². The summed E-state index contributed by atoms with van der Waals surface area (Å²) in [6.07, 6.45) is 0.964. The molecule has 0 aliphatic rings. The molecular weight excluding hydrogens is 211 g/mol. The van der Waals surface area contributed by atoms with Crippen LogP contribution in [-0.2, 0) is 6.42 Å². The van der Waals surface area contributed by atoms with Gasteiger partial charge in [0, 0.05) is 11.6 Å². The van der Waals surface area contributed by atoms with E-state index in [1.54, 1.807) is 6.92 Å². The van der Waals surface area contributed by atoms with Gasteiger partial charge in [-0.2, -0.15) is 4.39 Å². The zero-order valence-corrected chi connectivity index (χ0v) is 9.37. The van der Waals surface area contributed by atoms with Gasteiger partial charge in [-0.05, 0) is 25.3 Å². The largest absolute Gasteiger partial charge is 0.325 e. The molecule has 0 amide bonds. The number of nitro benzene ring substituents is 1. The number of halogens is 1. The fraction of sp³-hybridized carbons (Fsp3) is 0.455. The molecule has 1 atom stereocenters. The molecule has 0 aliphatic carbocycles. The van der Waals surface area contributed by atoms with E-state index in [9.17, 15) is 14.5 Å². The number of benzene rings is 1. The highest BCUT2D eigenvalue weighted by Crippen LogP contribution is 2.23. The Bertz CT molecular complexity index is 405. The van der Waals surface area contributed by atoms with Crippen LogP contribution in [0, 0.1) is 15.9 Å². The fourth-order valence-electron chi connectivity index (χ4n) is 1.40. The summed E-state index contributed by atoms with van der Waals surface area (Å²) in [7, 11) is 0. The summed E-state index contributed by atoms with van der Waals surface area (Å²) < 4.78 is 13.7. The fourth-order valence-corrected chi connectivity index (χ4v) is 1.40. The topological polar surface area (TPSA) is 69.2 Å². The molecule has 0 bridgehead atoms. The molecule has 0 fully saturated rings. The van der Waals surface area contributed by atoms with Gasteiger partial charge in [0.2, 0.25) is 5.82 Å². The zero-order valence-electron chi connectivity index (χ0n) is 9.37. The molecule has 1 unspecified atom stereocenters. The predicted molar refractivity (Wildman–Crippen MR) is 59.6 cm³/mol. The highest BCUT2D eigenvalue weighted by molar-refractivity contribution is 5.37. The van der Waals surface area contributed by atoms with Gasteiger partial charge in [-0.25, -0.2) is 0 Å². The van der Waals surface area contributed by atoms with E-state index in [1.165, 1.54) is 12.1 Å². The molecule has 1 aromatic rings. The Morgan fingerprint density at radius 1 is 1.56 bits per heavy atom. The number of hydrogen-bond acceptors (Lipinski definition) is 3. The summed E-state index contributed by atoms with van der Waals surface area (Å²) >= 11 is 0. The number of nitrogens with zero attached hydrogens (tertiary/aromatic N) is 1. The van der Waals surface area contributed by atoms with E-state index in [2.05, 4.69) is 0 Å².